The van der Waals surface area contributed by atoms with Crippen LogP contribution in [0.1, 0.15) is 26.2 Å². The van der Waals surface area contributed by atoms with Crippen LogP contribution in [-0.2, 0) is 14.2 Å². The lowest BCUT2D eigenvalue weighted by Crippen LogP contribution is -2.10. The molecule has 0 N–H and O–H groups in total. The molecule has 0 rings (SSSR count). The zero-order valence-corrected chi connectivity index (χ0v) is 9.67. The van der Waals surface area contributed by atoms with Gasteiger partial charge < -0.3 is 14.2 Å². The summed E-state index contributed by atoms with van der Waals surface area (Å²) in [5, 5.41) is 0. The molecule has 3 nitrogen and oxygen atoms in total. The second-order valence-electron chi connectivity index (χ2n) is 3.23. The molecule has 0 aliphatic rings. The Morgan fingerprint density at radius 2 is 1.27 bits per heavy atom. The molecular weight excluding hydrogens is 199 g/mol. The highest BCUT2D eigenvalue weighted by molar-refractivity contribution is 4.37. The van der Waals surface area contributed by atoms with Crippen LogP contribution in [0.4, 0.5) is 4.39 Å². The van der Waals surface area contributed by atoms with Crippen molar-refractivity contribution in [2.24, 2.45) is 0 Å². The first-order valence-corrected chi connectivity index (χ1v) is 5.71. The normalized spacial score (nSPS) is 10.8. The highest BCUT2D eigenvalue weighted by Crippen LogP contribution is 1.93. The Labute approximate surface area is 91.9 Å². The van der Waals surface area contributed by atoms with Crippen LogP contribution in [0.2, 0.25) is 0 Å². The summed E-state index contributed by atoms with van der Waals surface area (Å²) >= 11 is 0. The minimum atomic E-state index is -0.430. The summed E-state index contributed by atoms with van der Waals surface area (Å²) in [6.45, 7) is 4.91. The minimum Gasteiger partial charge on any atom is -0.379 e. The number of ether oxygens (including phenoxy) is 3. The number of halogens is 1. The van der Waals surface area contributed by atoms with Gasteiger partial charge in [-0.15, -0.1) is 0 Å². The van der Waals surface area contributed by atoms with Crippen LogP contribution in [0.5, 0.6) is 0 Å². The first-order valence-electron chi connectivity index (χ1n) is 5.71. The third-order valence-corrected chi connectivity index (χ3v) is 1.86. The van der Waals surface area contributed by atoms with Gasteiger partial charge in [-0.1, -0.05) is 19.8 Å². The Hall–Kier alpha value is -0.190. The Morgan fingerprint density at radius 1 is 0.733 bits per heavy atom. The lowest BCUT2D eigenvalue weighted by molar-refractivity contribution is 0.0118. The molecule has 0 aromatic carbocycles. The standard InChI is InChI=1S/C11H23FO3/c1-2-3-4-6-13-8-10-15-11-9-14-7-5-12/h2-11H2,1H3. The smallest absolute Gasteiger partial charge is 0.113 e. The Kier molecular flexibility index (Phi) is 13.6. The molecule has 0 bridgehead atoms. The van der Waals surface area contributed by atoms with Crippen LogP contribution in [0.3, 0.4) is 0 Å². The molecule has 0 fully saturated rings. The second kappa shape index (κ2) is 13.8. The molecule has 0 aliphatic heterocycles. The largest absolute Gasteiger partial charge is 0.379 e. The second-order valence-corrected chi connectivity index (χ2v) is 3.23. The number of hydrogen-bond acceptors (Lipinski definition) is 3. The van der Waals surface area contributed by atoms with Crippen LogP contribution in [-0.4, -0.2) is 46.3 Å². The van der Waals surface area contributed by atoms with Crippen molar-refractivity contribution in [2.75, 3.05) is 46.3 Å². The summed E-state index contributed by atoms with van der Waals surface area (Å²) in [4.78, 5) is 0. The predicted octanol–water partition coefficient (Wildman–Crippen LogP) is 2.20. The van der Waals surface area contributed by atoms with E-state index in [-0.39, 0.29) is 6.61 Å². The molecule has 0 atom stereocenters. The zero-order valence-electron chi connectivity index (χ0n) is 9.67. The molecule has 0 radical (unpaired) electrons. The van der Waals surface area contributed by atoms with E-state index in [4.69, 9.17) is 14.2 Å². The maximum absolute atomic E-state index is 11.6. The van der Waals surface area contributed by atoms with Gasteiger partial charge in [0.25, 0.3) is 0 Å². The summed E-state index contributed by atoms with van der Waals surface area (Å²) in [6.07, 6.45) is 3.56. The fraction of sp³-hybridized carbons (Fsp3) is 1.00. The van der Waals surface area contributed by atoms with E-state index in [0.717, 1.165) is 13.0 Å². The molecular formula is C11H23FO3. The third kappa shape index (κ3) is 13.8. The van der Waals surface area contributed by atoms with Crippen molar-refractivity contribution >= 4 is 0 Å². The third-order valence-electron chi connectivity index (χ3n) is 1.86. The van der Waals surface area contributed by atoms with Crippen LogP contribution in [0.25, 0.3) is 0 Å². The number of rotatable bonds is 12. The van der Waals surface area contributed by atoms with E-state index in [0.29, 0.717) is 26.4 Å². The summed E-state index contributed by atoms with van der Waals surface area (Å²) < 4.78 is 27.0. The molecule has 0 amide bonds. The first-order chi connectivity index (χ1) is 7.41. The average Bonchev–Trinajstić information content (AvgIpc) is 2.26. The van der Waals surface area contributed by atoms with Crippen LogP contribution < -0.4 is 0 Å². The molecule has 0 aromatic heterocycles. The Bertz CT molecular complexity index is 100. The monoisotopic (exact) mass is 222 g/mol. The van der Waals surface area contributed by atoms with Crippen molar-refractivity contribution in [2.45, 2.75) is 26.2 Å². The summed E-state index contributed by atoms with van der Waals surface area (Å²) in [6, 6.07) is 0. The van der Waals surface area contributed by atoms with Crippen LogP contribution in [0, 0.1) is 0 Å². The summed E-state index contributed by atoms with van der Waals surface area (Å²) in [5.41, 5.74) is 0. The number of alkyl halides is 1. The van der Waals surface area contributed by atoms with Crippen LogP contribution >= 0.6 is 0 Å². The molecule has 0 aromatic rings. The van der Waals surface area contributed by atoms with E-state index in [9.17, 15) is 4.39 Å². The van der Waals surface area contributed by atoms with Gasteiger partial charge in [0.2, 0.25) is 0 Å². The molecule has 0 spiro atoms. The highest BCUT2D eigenvalue weighted by atomic mass is 19.1. The fourth-order valence-corrected chi connectivity index (χ4v) is 1.05. The van der Waals surface area contributed by atoms with Gasteiger partial charge in [0, 0.05) is 6.61 Å². The quantitative estimate of drug-likeness (QED) is 0.474. The van der Waals surface area contributed by atoms with E-state index in [1.54, 1.807) is 0 Å². The van der Waals surface area contributed by atoms with E-state index < -0.39 is 6.67 Å². The van der Waals surface area contributed by atoms with Gasteiger partial charge in [-0.3, -0.25) is 0 Å². The molecule has 0 unspecified atom stereocenters. The molecule has 4 heteroatoms. The fourth-order valence-electron chi connectivity index (χ4n) is 1.05. The zero-order chi connectivity index (χ0) is 11.2. The molecule has 0 aliphatic carbocycles. The number of unbranched alkanes of at least 4 members (excludes halogenated alkanes) is 2. The van der Waals surface area contributed by atoms with Gasteiger partial charge in [-0.05, 0) is 6.42 Å². The lowest BCUT2D eigenvalue weighted by Gasteiger charge is -2.05. The Balaban J connectivity index is 2.81. The molecule has 0 saturated heterocycles. The van der Waals surface area contributed by atoms with Gasteiger partial charge in [0.15, 0.2) is 0 Å². The van der Waals surface area contributed by atoms with Gasteiger partial charge in [-0.2, -0.15) is 0 Å². The predicted molar refractivity (Wildman–Crippen MR) is 58.0 cm³/mol. The van der Waals surface area contributed by atoms with E-state index >= 15 is 0 Å². The minimum absolute atomic E-state index is 0.164. The molecule has 0 saturated carbocycles. The SMILES string of the molecule is CCCCCOCCOCCOCCF. The first kappa shape index (κ1) is 14.8. The summed E-state index contributed by atoms with van der Waals surface area (Å²) in [5.74, 6) is 0. The van der Waals surface area contributed by atoms with Gasteiger partial charge >= 0.3 is 0 Å². The van der Waals surface area contributed by atoms with Gasteiger partial charge in [0.1, 0.15) is 6.67 Å². The van der Waals surface area contributed by atoms with Crippen molar-refractivity contribution < 1.29 is 18.6 Å². The topological polar surface area (TPSA) is 27.7 Å². The van der Waals surface area contributed by atoms with E-state index in [1.807, 2.05) is 0 Å². The number of hydrogen-bond donors (Lipinski definition) is 0. The summed E-state index contributed by atoms with van der Waals surface area (Å²) in [7, 11) is 0. The van der Waals surface area contributed by atoms with Crippen molar-refractivity contribution in [1.29, 1.82) is 0 Å². The van der Waals surface area contributed by atoms with Crippen molar-refractivity contribution in [3.63, 3.8) is 0 Å². The molecule has 92 valence electrons. The van der Waals surface area contributed by atoms with E-state index in [1.165, 1.54) is 12.8 Å². The highest BCUT2D eigenvalue weighted by Gasteiger charge is 1.91. The van der Waals surface area contributed by atoms with Gasteiger partial charge in [0.05, 0.1) is 33.0 Å². The van der Waals surface area contributed by atoms with Crippen LogP contribution in [0.15, 0.2) is 0 Å². The Morgan fingerprint density at radius 3 is 1.80 bits per heavy atom. The van der Waals surface area contributed by atoms with E-state index in [2.05, 4.69) is 6.92 Å². The maximum atomic E-state index is 11.6. The average molecular weight is 222 g/mol. The maximum Gasteiger partial charge on any atom is 0.113 e. The molecule has 0 heterocycles. The van der Waals surface area contributed by atoms with Crippen molar-refractivity contribution in [3.8, 4) is 0 Å². The van der Waals surface area contributed by atoms with Gasteiger partial charge in [-0.25, -0.2) is 4.39 Å². The molecule has 15 heavy (non-hydrogen) atoms. The lowest BCUT2D eigenvalue weighted by atomic mass is 10.3. The van der Waals surface area contributed by atoms with Crippen molar-refractivity contribution in [1.82, 2.24) is 0 Å². The van der Waals surface area contributed by atoms with Crippen molar-refractivity contribution in [3.05, 3.63) is 0 Å².